The van der Waals surface area contributed by atoms with E-state index in [2.05, 4.69) is 5.32 Å². The second kappa shape index (κ2) is 6.75. The Morgan fingerprint density at radius 3 is 2.26 bits per heavy atom. The molecule has 2 amide bonds. The van der Waals surface area contributed by atoms with Crippen LogP contribution in [0.5, 0.6) is 0 Å². The smallest absolute Gasteiger partial charge is 0.326 e. The molecule has 6 heteroatoms. The van der Waals surface area contributed by atoms with Gasteiger partial charge in [-0.15, -0.1) is 0 Å². The van der Waals surface area contributed by atoms with E-state index in [9.17, 15) is 9.59 Å². The SMILES string of the molecule is CC(C)C[C@H](NC(=O)N1C[C@@H](C)O[C@H](C)C1)C(=O)O. The fourth-order valence-corrected chi connectivity index (χ4v) is 2.28. The number of amides is 2. The van der Waals surface area contributed by atoms with Crippen LogP contribution in [0.25, 0.3) is 0 Å². The normalized spacial score (nSPS) is 25.2. The number of carbonyl (C=O) groups is 2. The van der Waals surface area contributed by atoms with Crippen molar-refractivity contribution in [2.45, 2.75) is 52.4 Å². The topological polar surface area (TPSA) is 78.9 Å². The van der Waals surface area contributed by atoms with Crippen molar-refractivity contribution >= 4 is 12.0 Å². The predicted octanol–water partition coefficient (Wildman–Crippen LogP) is 1.30. The molecule has 0 spiro atoms. The molecule has 0 aliphatic carbocycles. The van der Waals surface area contributed by atoms with Crippen LogP contribution in [0, 0.1) is 5.92 Å². The van der Waals surface area contributed by atoms with E-state index in [1.807, 2.05) is 27.7 Å². The molecule has 6 nitrogen and oxygen atoms in total. The summed E-state index contributed by atoms with van der Waals surface area (Å²) in [6.45, 7) is 8.65. The van der Waals surface area contributed by atoms with Gasteiger partial charge in [-0.2, -0.15) is 0 Å². The van der Waals surface area contributed by atoms with Crippen molar-refractivity contribution in [3.05, 3.63) is 0 Å². The Morgan fingerprint density at radius 2 is 1.84 bits per heavy atom. The van der Waals surface area contributed by atoms with Crippen LogP contribution in [0.15, 0.2) is 0 Å². The highest BCUT2D eigenvalue weighted by Gasteiger charge is 2.29. The Kier molecular flexibility index (Phi) is 5.60. The molecule has 110 valence electrons. The first-order chi connectivity index (χ1) is 8.79. The highest BCUT2D eigenvalue weighted by atomic mass is 16.5. The number of hydrogen-bond acceptors (Lipinski definition) is 3. The van der Waals surface area contributed by atoms with Gasteiger partial charge < -0.3 is 20.1 Å². The molecule has 1 fully saturated rings. The van der Waals surface area contributed by atoms with Gasteiger partial charge in [0.1, 0.15) is 6.04 Å². The molecule has 1 rings (SSSR count). The lowest BCUT2D eigenvalue weighted by Crippen LogP contribution is -2.54. The van der Waals surface area contributed by atoms with E-state index in [0.29, 0.717) is 19.5 Å². The van der Waals surface area contributed by atoms with Gasteiger partial charge in [0.15, 0.2) is 0 Å². The molecule has 1 aliphatic rings. The van der Waals surface area contributed by atoms with Crippen LogP contribution < -0.4 is 5.32 Å². The van der Waals surface area contributed by atoms with Crippen LogP contribution >= 0.6 is 0 Å². The molecule has 0 aromatic rings. The summed E-state index contributed by atoms with van der Waals surface area (Å²) in [6.07, 6.45) is 0.377. The molecule has 0 saturated carbocycles. The maximum Gasteiger partial charge on any atom is 0.326 e. The fraction of sp³-hybridized carbons (Fsp3) is 0.846. The third-order valence-corrected chi connectivity index (χ3v) is 3.01. The van der Waals surface area contributed by atoms with Crippen molar-refractivity contribution in [1.82, 2.24) is 10.2 Å². The zero-order chi connectivity index (χ0) is 14.6. The summed E-state index contributed by atoms with van der Waals surface area (Å²) in [6, 6.07) is -1.16. The van der Waals surface area contributed by atoms with Gasteiger partial charge in [0.25, 0.3) is 0 Å². The van der Waals surface area contributed by atoms with E-state index in [1.54, 1.807) is 4.90 Å². The molecule has 1 aliphatic heterocycles. The van der Waals surface area contributed by atoms with Gasteiger partial charge in [-0.3, -0.25) is 0 Å². The molecule has 0 unspecified atom stereocenters. The van der Waals surface area contributed by atoms with Crippen molar-refractivity contribution < 1.29 is 19.4 Å². The summed E-state index contributed by atoms with van der Waals surface area (Å²) >= 11 is 0. The van der Waals surface area contributed by atoms with E-state index in [1.165, 1.54) is 0 Å². The lowest BCUT2D eigenvalue weighted by atomic mass is 10.0. The van der Waals surface area contributed by atoms with Gasteiger partial charge in [0, 0.05) is 13.1 Å². The highest BCUT2D eigenvalue weighted by molar-refractivity contribution is 5.82. The molecule has 0 aromatic carbocycles. The van der Waals surface area contributed by atoms with Crippen LogP contribution in [0.3, 0.4) is 0 Å². The third-order valence-electron chi connectivity index (χ3n) is 3.01. The number of nitrogens with one attached hydrogen (secondary N) is 1. The number of carbonyl (C=O) groups excluding carboxylic acids is 1. The molecule has 19 heavy (non-hydrogen) atoms. The van der Waals surface area contributed by atoms with E-state index in [-0.39, 0.29) is 24.2 Å². The maximum absolute atomic E-state index is 12.1. The summed E-state index contributed by atoms with van der Waals surface area (Å²) in [5, 5.41) is 11.7. The number of carboxylic acids is 1. The zero-order valence-corrected chi connectivity index (χ0v) is 12.0. The first-order valence-electron chi connectivity index (χ1n) is 6.73. The standard InChI is InChI=1S/C13H24N2O4/c1-8(2)5-11(12(16)17)14-13(18)15-6-9(3)19-10(4)7-15/h8-11H,5-7H2,1-4H3,(H,14,18)(H,16,17)/t9-,10-,11+/m1/s1. The average molecular weight is 272 g/mol. The minimum absolute atomic E-state index is 0.0251. The highest BCUT2D eigenvalue weighted by Crippen LogP contribution is 2.12. The van der Waals surface area contributed by atoms with Crippen LogP contribution in [0.2, 0.25) is 0 Å². The van der Waals surface area contributed by atoms with Crippen molar-refractivity contribution in [2.75, 3.05) is 13.1 Å². The fourth-order valence-electron chi connectivity index (χ4n) is 2.28. The van der Waals surface area contributed by atoms with Gasteiger partial charge in [-0.25, -0.2) is 9.59 Å². The lowest BCUT2D eigenvalue weighted by Gasteiger charge is -2.35. The third kappa shape index (κ3) is 5.06. The zero-order valence-electron chi connectivity index (χ0n) is 12.0. The van der Waals surface area contributed by atoms with Crippen molar-refractivity contribution in [1.29, 1.82) is 0 Å². The molecular weight excluding hydrogens is 248 g/mol. The first-order valence-corrected chi connectivity index (χ1v) is 6.73. The minimum atomic E-state index is -0.989. The first kappa shape index (κ1) is 15.8. The Balaban J connectivity index is 2.58. The summed E-state index contributed by atoms with van der Waals surface area (Å²) in [7, 11) is 0. The molecule has 0 aromatic heterocycles. The number of rotatable bonds is 4. The number of hydrogen-bond donors (Lipinski definition) is 2. The summed E-state index contributed by atoms with van der Waals surface area (Å²) < 4.78 is 5.55. The molecule has 0 radical (unpaired) electrons. The molecule has 1 saturated heterocycles. The van der Waals surface area contributed by atoms with Crippen LogP contribution in [-0.2, 0) is 9.53 Å². The van der Waals surface area contributed by atoms with Gasteiger partial charge in [-0.1, -0.05) is 13.8 Å². The van der Waals surface area contributed by atoms with Gasteiger partial charge in [0.2, 0.25) is 0 Å². The van der Waals surface area contributed by atoms with Gasteiger partial charge in [0.05, 0.1) is 12.2 Å². The number of carboxylic acid groups (broad SMARTS) is 1. The van der Waals surface area contributed by atoms with Gasteiger partial charge in [-0.05, 0) is 26.2 Å². The minimum Gasteiger partial charge on any atom is -0.480 e. The van der Waals surface area contributed by atoms with E-state index >= 15 is 0 Å². The second-order valence-corrected chi connectivity index (χ2v) is 5.63. The van der Waals surface area contributed by atoms with E-state index < -0.39 is 12.0 Å². The summed E-state index contributed by atoms with van der Waals surface area (Å²) in [5.74, 6) is -0.777. The molecule has 2 N–H and O–H groups in total. The summed E-state index contributed by atoms with van der Waals surface area (Å²) in [4.78, 5) is 24.8. The Morgan fingerprint density at radius 1 is 1.32 bits per heavy atom. The average Bonchev–Trinajstić information content (AvgIpc) is 2.25. The Labute approximate surface area is 114 Å². The number of morpholine rings is 1. The lowest BCUT2D eigenvalue weighted by molar-refractivity contribution is -0.139. The van der Waals surface area contributed by atoms with E-state index in [4.69, 9.17) is 9.84 Å². The molecule has 1 heterocycles. The monoisotopic (exact) mass is 272 g/mol. The van der Waals surface area contributed by atoms with Crippen LogP contribution in [0.1, 0.15) is 34.1 Å². The van der Waals surface area contributed by atoms with Crippen LogP contribution in [0.4, 0.5) is 4.79 Å². The predicted molar refractivity (Wildman–Crippen MR) is 71.0 cm³/mol. The second-order valence-electron chi connectivity index (χ2n) is 5.63. The number of nitrogens with zero attached hydrogens (tertiary/aromatic N) is 1. The number of aliphatic carboxylic acids is 1. The molecule has 3 atom stereocenters. The van der Waals surface area contributed by atoms with Crippen molar-refractivity contribution in [2.24, 2.45) is 5.92 Å². The Hall–Kier alpha value is -1.30. The molecular formula is C13H24N2O4. The van der Waals surface area contributed by atoms with Crippen LogP contribution in [-0.4, -0.2) is 53.3 Å². The quantitative estimate of drug-likeness (QED) is 0.808. The molecule has 0 bridgehead atoms. The van der Waals surface area contributed by atoms with Gasteiger partial charge >= 0.3 is 12.0 Å². The van der Waals surface area contributed by atoms with Crippen molar-refractivity contribution in [3.63, 3.8) is 0 Å². The summed E-state index contributed by atoms with van der Waals surface area (Å²) in [5.41, 5.74) is 0. The maximum atomic E-state index is 12.1. The number of ether oxygens (including phenoxy) is 1. The largest absolute Gasteiger partial charge is 0.480 e. The number of urea groups is 1. The Bertz CT molecular complexity index is 323. The van der Waals surface area contributed by atoms with E-state index in [0.717, 1.165) is 0 Å². The van der Waals surface area contributed by atoms with Crippen molar-refractivity contribution in [3.8, 4) is 0 Å².